The van der Waals surface area contributed by atoms with Gasteiger partial charge in [-0.2, -0.15) is 5.26 Å². The largest absolute Gasteiger partial charge is 0.462 e. The molecule has 1 heterocycles. The molecule has 2 rings (SSSR count). The fraction of sp³-hybridized carbons (Fsp3) is 0.235. The highest BCUT2D eigenvalue weighted by Crippen LogP contribution is 2.31. The zero-order valence-electron chi connectivity index (χ0n) is 12.7. The molecule has 22 heavy (non-hydrogen) atoms. The highest BCUT2D eigenvalue weighted by Gasteiger charge is 2.23. The second-order valence-corrected chi connectivity index (χ2v) is 5.34. The van der Waals surface area contributed by atoms with E-state index in [1.807, 2.05) is 36.6 Å². The molecular formula is C17H16N2O2S. The third-order valence-corrected chi connectivity index (χ3v) is 3.93. The lowest BCUT2D eigenvalue weighted by molar-refractivity contribution is 0.0526. The van der Waals surface area contributed by atoms with E-state index in [0.717, 1.165) is 5.56 Å². The van der Waals surface area contributed by atoms with Crippen LogP contribution in [0.1, 0.15) is 28.4 Å². The van der Waals surface area contributed by atoms with Gasteiger partial charge < -0.3 is 4.74 Å². The number of nitriles is 1. The molecule has 4 nitrogen and oxygen atoms in total. The number of hydrogen-bond acceptors (Lipinski definition) is 5. The molecule has 0 atom stereocenters. The first kappa shape index (κ1) is 16.1. The van der Waals surface area contributed by atoms with Gasteiger partial charge in [-0.3, -0.25) is 0 Å². The Bertz CT molecular complexity index is 737. The van der Waals surface area contributed by atoms with Crippen molar-refractivity contribution in [3.8, 4) is 17.3 Å². The molecular weight excluding hydrogens is 296 g/mol. The Hall–Kier alpha value is -2.32. The predicted molar refractivity (Wildman–Crippen MR) is 86.9 cm³/mol. The standard InChI is InChI=1S/C17H16N2O2S/c1-4-21-17(20)14-11(2)13(10-18)16(22-3)19-15(14)12-8-6-5-7-9-12/h5-9H,4H2,1-3H3. The molecule has 0 amide bonds. The molecule has 5 heteroatoms. The molecule has 0 bridgehead atoms. The summed E-state index contributed by atoms with van der Waals surface area (Å²) < 4.78 is 5.15. The number of rotatable bonds is 4. The first-order valence-electron chi connectivity index (χ1n) is 6.85. The van der Waals surface area contributed by atoms with Crippen molar-refractivity contribution < 1.29 is 9.53 Å². The topological polar surface area (TPSA) is 63.0 Å². The minimum absolute atomic E-state index is 0.276. The van der Waals surface area contributed by atoms with Crippen LogP contribution >= 0.6 is 11.8 Å². The Kier molecular flexibility index (Phi) is 5.18. The molecule has 0 aliphatic heterocycles. The fourth-order valence-electron chi connectivity index (χ4n) is 2.21. The van der Waals surface area contributed by atoms with Crippen LogP contribution in [-0.4, -0.2) is 23.8 Å². The van der Waals surface area contributed by atoms with Crippen molar-refractivity contribution in [3.63, 3.8) is 0 Å². The summed E-state index contributed by atoms with van der Waals surface area (Å²) in [5, 5.41) is 9.99. The van der Waals surface area contributed by atoms with E-state index in [2.05, 4.69) is 11.1 Å². The van der Waals surface area contributed by atoms with Crippen LogP contribution in [-0.2, 0) is 4.74 Å². The van der Waals surface area contributed by atoms with Crippen molar-refractivity contribution in [2.24, 2.45) is 0 Å². The van der Waals surface area contributed by atoms with Crippen molar-refractivity contribution in [2.75, 3.05) is 12.9 Å². The molecule has 2 aromatic rings. The quantitative estimate of drug-likeness (QED) is 0.634. The van der Waals surface area contributed by atoms with Gasteiger partial charge in [0.2, 0.25) is 0 Å². The van der Waals surface area contributed by atoms with Gasteiger partial charge in [0.15, 0.2) is 0 Å². The van der Waals surface area contributed by atoms with Gasteiger partial charge in [0.05, 0.1) is 23.4 Å². The summed E-state index contributed by atoms with van der Waals surface area (Å²) in [5.41, 5.74) is 2.78. The Morgan fingerprint density at radius 1 is 1.36 bits per heavy atom. The van der Waals surface area contributed by atoms with E-state index in [9.17, 15) is 10.1 Å². The Morgan fingerprint density at radius 3 is 2.59 bits per heavy atom. The Labute approximate surface area is 134 Å². The smallest absolute Gasteiger partial charge is 0.340 e. The number of benzene rings is 1. The predicted octanol–water partition coefficient (Wildman–Crippen LogP) is 3.83. The molecule has 112 valence electrons. The number of ether oxygens (including phenoxy) is 1. The summed E-state index contributed by atoms with van der Waals surface area (Å²) in [6.45, 7) is 3.79. The van der Waals surface area contributed by atoms with E-state index < -0.39 is 5.97 Å². The van der Waals surface area contributed by atoms with Crippen LogP contribution in [0.2, 0.25) is 0 Å². The lowest BCUT2D eigenvalue weighted by Gasteiger charge is -2.14. The average Bonchev–Trinajstić information content (AvgIpc) is 2.54. The number of carbonyl (C=O) groups excluding carboxylic acids is 1. The molecule has 0 saturated heterocycles. The van der Waals surface area contributed by atoms with E-state index in [1.165, 1.54) is 11.8 Å². The van der Waals surface area contributed by atoms with Gasteiger partial charge in [-0.15, -0.1) is 11.8 Å². The second-order valence-electron chi connectivity index (χ2n) is 4.54. The van der Waals surface area contributed by atoms with Crippen molar-refractivity contribution in [1.82, 2.24) is 4.98 Å². The lowest BCUT2D eigenvalue weighted by Crippen LogP contribution is -2.12. The molecule has 0 N–H and O–H groups in total. The minimum Gasteiger partial charge on any atom is -0.462 e. The summed E-state index contributed by atoms with van der Waals surface area (Å²) >= 11 is 1.39. The number of hydrogen-bond donors (Lipinski definition) is 0. The van der Waals surface area contributed by atoms with Gasteiger partial charge in [0, 0.05) is 5.56 Å². The van der Waals surface area contributed by atoms with Gasteiger partial charge in [0.25, 0.3) is 0 Å². The maximum Gasteiger partial charge on any atom is 0.340 e. The van der Waals surface area contributed by atoms with Gasteiger partial charge in [-0.25, -0.2) is 9.78 Å². The molecule has 0 spiro atoms. The van der Waals surface area contributed by atoms with Crippen LogP contribution < -0.4 is 0 Å². The fourth-order valence-corrected chi connectivity index (χ4v) is 2.80. The van der Waals surface area contributed by atoms with Crippen LogP contribution in [0.5, 0.6) is 0 Å². The Balaban J connectivity index is 2.78. The SMILES string of the molecule is CCOC(=O)c1c(-c2ccccc2)nc(SC)c(C#N)c1C. The van der Waals surface area contributed by atoms with E-state index in [-0.39, 0.29) is 6.61 Å². The summed E-state index contributed by atoms with van der Waals surface area (Å²) in [5.74, 6) is -0.449. The van der Waals surface area contributed by atoms with Gasteiger partial charge in [0.1, 0.15) is 11.1 Å². The van der Waals surface area contributed by atoms with Crippen molar-refractivity contribution in [1.29, 1.82) is 5.26 Å². The van der Waals surface area contributed by atoms with Gasteiger partial charge in [-0.1, -0.05) is 30.3 Å². The normalized spacial score (nSPS) is 10.1. The molecule has 0 radical (unpaired) electrons. The Morgan fingerprint density at radius 2 is 2.05 bits per heavy atom. The first-order valence-corrected chi connectivity index (χ1v) is 8.07. The molecule has 0 saturated carbocycles. The van der Waals surface area contributed by atoms with Crippen LogP contribution in [0.25, 0.3) is 11.3 Å². The maximum atomic E-state index is 12.3. The summed E-state index contributed by atoms with van der Waals surface area (Å²) in [6.07, 6.45) is 1.86. The van der Waals surface area contributed by atoms with E-state index in [4.69, 9.17) is 4.74 Å². The van der Waals surface area contributed by atoms with Crippen molar-refractivity contribution in [2.45, 2.75) is 18.9 Å². The average molecular weight is 312 g/mol. The highest BCUT2D eigenvalue weighted by molar-refractivity contribution is 7.98. The third-order valence-electron chi connectivity index (χ3n) is 3.25. The highest BCUT2D eigenvalue weighted by atomic mass is 32.2. The van der Waals surface area contributed by atoms with Crippen molar-refractivity contribution in [3.05, 3.63) is 47.0 Å². The van der Waals surface area contributed by atoms with Crippen molar-refractivity contribution >= 4 is 17.7 Å². The second kappa shape index (κ2) is 7.10. The molecule has 0 unspecified atom stereocenters. The number of pyridine rings is 1. The van der Waals surface area contributed by atoms with Crippen LogP contribution in [0.4, 0.5) is 0 Å². The van der Waals surface area contributed by atoms with Crippen LogP contribution in [0.3, 0.4) is 0 Å². The minimum atomic E-state index is -0.449. The van der Waals surface area contributed by atoms with Gasteiger partial charge in [-0.05, 0) is 25.7 Å². The van der Waals surface area contributed by atoms with Gasteiger partial charge >= 0.3 is 5.97 Å². The maximum absolute atomic E-state index is 12.3. The summed E-state index contributed by atoms with van der Waals surface area (Å²) in [4.78, 5) is 16.9. The monoisotopic (exact) mass is 312 g/mol. The summed E-state index contributed by atoms with van der Waals surface area (Å²) in [7, 11) is 0. The van der Waals surface area contributed by atoms with E-state index in [0.29, 0.717) is 27.4 Å². The third kappa shape index (κ3) is 2.97. The zero-order valence-corrected chi connectivity index (χ0v) is 13.5. The molecule has 1 aromatic heterocycles. The molecule has 0 aliphatic rings. The van der Waals surface area contributed by atoms with Crippen LogP contribution in [0, 0.1) is 18.3 Å². The van der Waals surface area contributed by atoms with E-state index >= 15 is 0 Å². The van der Waals surface area contributed by atoms with E-state index in [1.54, 1.807) is 13.8 Å². The molecule has 0 fully saturated rings. The lowest BCUT2D eigenvalue weighted by atomic mass is 9.98. The van der Waals surface area contributed by atoms with Crippen LogP contribution in [0.15, 0.2) is 35.4 Å². The first-order chi connectivity index (χ1) is 10.6. The number of esters is 1. The number of nitrogens with zero attached hydrogens (tertiary/aromatic N) is 2. The number of aromatic nitrogens is 1. The number of thioether (sulfide) groups is 1. The molecule has 0 aliphatic carbocycles. The molecule has 1 aromatic carbocycles. The zero-order chi connectivity index (χ0) is 16.1. The summed E-state index contributed by atoms with van der Waals surface area (Å²) in [6, 6.07) is 11.6. The number of carbonyl (C=O) groups is 1.